The van der Waals surface area contributed by atoms with Crippen molar-refractivity contribution in [2.45, 2.75) is 26.3 Å². The second-order valence-corrected chi connectivity index (χ2v) is 4.91. The lowest BCUT2D eigenvalue weighted by atomic mass is 10.1. The highest BCUT2D eigenvalue weighted by Crippen LogP contribution is 2.30. The van der Waals surface area contributed by atoms with Gasteiger partial charge in [0.25, 0.3) is 0 Å². The van der Waals surface area contributed by atoms with Crippen LogP contribution in [-0.2, 0) is 0 Å². The second-order valence-electron chi connectivity index (χ2n) is 4.91. The van der Waals surface area contributed by atoms with Gasteiger partial charge >= 0.3 is 0 Å². The van der Waals surface area contributed by atoms with Crippen LogP contribution in [0.25, 0.3) is 0 Å². The highest BCUT2D eigenvalue weighted by molar-refractivity contribution is 5.40. The zero-order valence-corrected chi connectivity index (χ0v) is 12.2. The fourth-order valence-electron chi connectivity index (χ4n) is 2.05. The molecular weight excluding hydrogens is 272 g/mol. The topological polar surface area (TPSA) is 21.3 Å². The molecule has 1 unspecified atom stereocenters. The Morgan fingerprint density at radius 2 is 1.71 bits per heavy atom. The van der Waals surface area contributed by atoms with Crippen molar-refractivity contribution in [3.63, 3.8) is 0 Å². The molecule has 0 saturated carbocycles. The number of benzene rings is 2. The van der Waals surface area contributed by atoms with Gasteiger partial charge in [-0.1, -0.05) is 6.92 Å². The van der Waals surface area contributed by atoms with E-state index in [1.165, 1.54) is 24.3 Å². The summed E-state index contributed by atoms with van der Waals surface area (Å²) in [5, 5.41) is 3.30. The van der Waals surface area contributed by atoms with Gasteiger partial charge in [0.2, 0.25) is 0 Å². The maximum atomic E-state index is 13.5. The zero-order chi connectivity index (χ0) is 15.2. The Labute approximate surface area is 123 Å². The van der Waals surface area contributed by atoms with E-state index in [0.29, 0.717) is 11.5 Å². The van der Waals surface area contributed by atoms with Crippen molar-refractivity contribution in [3.8, 4) is 11.5 Å². The van der Waals surface area contributed by atoms with E-state index in [4.69, 9.17) is 4.74 Å². The Morgan fingerprint density at radius 1 is 1.05 bits per heavy atom. The molecule has 0 amide bonds. The van der Waals surface area contributed by atoms with Crippen LogP contribution in [-0.4, -0.2) is 6.54 Å². The van der Waals surface area contributed by atoms with Gasteiger partial charge in [-0.15, -0.1) is 0 Å². The van der Waals surface area contributed by atoms with Crippen molar-refractivity contribution in [2.24, 2.45) is 0 Å². The molecule has 112 valence electrons. The molecule has 0 saturated heterocycles. The number of hydrogen-bond donors (Lipinski definition) is 1. The lowest BCUT2D eigenvalue weighted by molar-refractivity contribution is 0.456. The summed E-state index contributed by atoms with van der Waals surface area (Å²) in [6, 6.07) is 10.1. The molecule has 0 spiro atoms. The first kappa shape index (κ1) is 15.4. The van der Waals surface area contributed by atoms with Crippen LogP contribution in [0.5, 0.6) is 11.5 Å². The van der Waals surface area contributed by atoms with E-state index >= 15 is 0 Å². The molecule has 21 heavy (non-hydrogen) atoms. The smallest absolute Gasteiger partial charge is 0.132 e. The van der Waals surface area contributed by atoms with Crippen molar-refractivity contribution in [2.75, 3.05) is 6.54 Å². The van der Waals surface area contributed by atoms with Gasteiger partial charge in [-0.3, -0.25) is 0 Å². The molecule has 0 aliphatic carbocycles. The zero-order valence-electron chi connectivity index (χ0n) is 12.2. The van der Waals surface area contributed by atoms with Gasteiger partial charge in [-0.05, 0) is 62.4 Å². The van der Waals surface area contributed by atoms with Crippen LogP contribution in [0.1, 0.15) is 31.9 Å². The third kappa shape index (κ3) is 4.26. The van der Waals surface area contributed by atoms with Crippen LogP contribution >= 0.6 is 0 Å². The fourth-order valence-corrected chi connectivity index (χ4v) is 2.05. The molecule has 0 fully saturated rings. The molecule has 0 aliphatic heterocycles. The SMILES string of the molecule is CCCNC(C)c1cc(F)ccc1Oc1ccc(F)cc1. The number of halogens is 2. The van der Waals surface area contributed by atoms with Crippen LogP contribution in [0.2, 0.25) is 0 Å². The Balaban J connectivity index is 2.23. The van der Waals surface area contributed by atoms with Crippen molar-refractivity contribution in [1.82, 2.24) is 5.32 Å². The third-order valence-corrected chi connectivity index (χ3v) is 3.18. The van der Waals surface area contributed by atoms with Crippen molar-refractivity contribution in [1.29, 1.82) is 0 Å². The first-order chi connectivity index (χ1) is 10.1. The monoisotopic (exact) mass is 291 g/mol. The van der Waals surface area contributed by atoms with Gasteiger partial charge in [-0.2, -0.15) is 0 Å². The highest BCUT2D eigenvalue weighted by Gasteiger charge is 2.13. The maximum absolute atomic E-state index is 13.5. The third-order valence-electron chi connectivity index (χ3n) is 3.18. The standard InChI is InChI=1S/C17H19F2NO/c1-3-10-20-12(2)16-11-14(19)6-9-17(16)21-15-7-4-13(18)5-8-15/h4-9,11-12,20H,3,10H2,1-2H3. The van der Waals surface area contributed by atoms with Crippen molar-refractivity contribution >= 4 is 0 Å². The molecule has 1 atom stereocenters. The predicted octanol–water partition coefficient (Wildman–Crippen LogP) is 4.82. The summed E-state index contributed by atoms with van der Waals surface area (Å²) >= 11 is 0. The van der Waals surface area contributed by atoms with E-state index in [-0.39, 0.29) is 17.7 Å². The van der Waals surface area contributed by atoms with Gasteiger partial charge in [0, 0.05) is 11.6 Å². The van der Waals surface area contributed by atoms with E-state index in [2.05, 4.69) is 12.2 Å². The minimum absolute atomic E-state index is 0.0314. The number of ether oxygens (including phenoxy) is 1. The Bertz CT molecular complexity index is 584. The maximum Gasteiger partial charge on any atom is 0.132 e. The Hall–Kier alpha value is -1.94. The van der Waals surface area contributed by atoms with E-state index in [0.717, 1.165) is 18.5 Å². The number of rotatable bonds is 6. The highest BCUT2D eigenvalue weighted by atomic mass is 19.1. The van der Waals surface area contributed by atoms with Crippen LogP contribution in [0.3, 0.4) is 0 Å². The summed E-state index contributed by atoms with van der Waals surface area (Å²) in [5.74, 6) is 0.465. The number of hydrogen-bond acceptors (Lipinski definition) is 2. The van der Waals surface area contributed by atoms with Crippen LogP contribution in [0.4, 0.5) is 8.78 Å². The van der Waals surface area contributed by atoms with E-state index in [1.54, 1.807) is 18.2 Å². The molecule has 2 nitrogen and oxygen atoms in total. The lowest BCUT2D eigenvalue weighted by Gasteiger charge is -2.18. The first-order valence-electron chi connectivity index (χ1n) is 7.06. The predicted molar refractivity (Wildman–Crippen MR) is 79.6 cm³/mol. The van der Waals surface area contributed by atoms with E-state index < -0.39 is 0 Å². The Morgan fingerprint density at radius 3 is 2.38 bits per heavy atom. The minimum Gasteiger partial charge on any atom is -0.457 e. The molecule has 2 aromatic carbocycles. The summed E-state index contributed by atoms with van der Waals surface area (Å²) < 4.78 is 32.1. The van der Waals surface area contributed by atoms with Crippen LogP contribution < -0.4 is 10.1 Å². The van der Waals surface area contributed by atoms with Gasteiger partial charge < -0.3 is 10.1 Å². The summed E-state index contributed by atoms with van der Waals surface area (Å²) in [7, 11) is 0. The molecule has 4 heteroatoms. The lowest BCUT2D eigenvalue weighted by Crippen LogP contribution is -2.19. The van der Waals surface area contributed by atoms with Gasteiger partial charge in [0.1, 0.15) is 23.1 Å². The molecule has 0 radical (unpaired) electrons. The summed E-state index contributed by atoms with van der Waals surface area (Å²) in [5.41, 5.74) is 0.743. The quantitative estimate of drug-likeness (QED) is 0.824. The molecule has 1 N–H and O–H groups in total. The van der Waals surface area contributed by atoms with Crippen LogP contribution in [0, 0.1) is 11.6 Å². The normalized spacial score (nSPS) is 12.2. The summed E-state index contributed by atoms with van der Waals surface area (Å²) in [4.78, 5) is 0. The number of nitrogens with one attached hydrogen (secondary N) is 1. The van der Waals surface area contributed by atoms with Gasteiger partial charge in [0.15, 0.2) is 0 Å². The summed E-state index contributed by atoms with van der Waals surface area (Å²) in [6.45, 7) is 4.87. The summed E-state index contributed by atoms with van der Waals surface area (Å²) in [6.07, 6.45) is 0.994. The molecule has 0 aliphatic rings. The minimum atomic E-state index is -0.320. The van der Waals surface area contributed by atoms with E-state index in [1.807, 2.05) is 6.92 Å². The van der Waals surface area contributed by atoms with E-state index in [9.17, 15) is 8.78 Å². The molecule has 0 bridgehead atoms. The molecular formula is C17H19F2NO. The average molecular weight is 291 g/mol. The molecule has 2 rings (SSSR count). The second kappa shape index (κ2) is 7.18. The molecule has 2 aromatic rings. The van der Waals surface area contributed by atoms with Crippen molar-refractivity contribution < 1.29 is 13.5 Å². The first-order valence-corrected chi connectivity index (χ1v) is 7.06. The largest absolute Gasteiger partial charge is 0.457 e. The fraction of sp³-hybridized carbons (Fsp3) is 0.294. The van der Waals surface area contributed by atoms with Gasteiger partial charge in [-0.25, -0.2) is 8.78 Å². The molecule has 0 heterocycles. The average Bonchev–Trinajstić information content (AvgIpc) is 2.49. The van der Waals surface area contributed by atoms with Crippen molar-refractivity contribution in [3.05, 3.63) is 59.7 Å². The van der Waals surface area contributed by atoms with Gasteiger partial charge in [0.05, 0.1) is 0 Å². The van der Waals surface area contributed by atoms with Crippen LogP contribution in [0.15, 0.2) is 42.5 Å². The Kier molecular flexibility index (Phi) is 5.28. The molecule has 0 aromatic heterocycles.